The van der Waals surface area contributed by atoms with E-state index in [1.54, 1.807) is 43.4 Å². The molecule has 0 aliphatic carbocycles. The summed E-state index contributed by atoms with van der Waals surface area (Å²) in [6.07, 6.45) is 0. The zero-order chi connectivity index (χ0) is 34.3. The number of nitrogens with zero attached hydrogens (tertiary/aromatic N) is 5. The van der Waals surface area contributed by atoms with Crippen molar-refractivity contribution in [3.05, 3.63) is 120 Å². The van der Waals surface area contributed by atoms with Crippen LogP contribution < -0.4 is 10.2 Å². The molecular formula is C33H28F2N6O6S. The van der Waals surface area contributed by atoms with Crippen molar-refractivity contribution < 1.29 is 35.1 Å². The van der Waals surface area contributed by atoms with Crippen LogP contribution in [0.1, 0.15) is 5.56 Å². The van der Waals surface area contributed by atoms with E-state index < -0.39 is 10.4 Å². The highest BCUT2D eigenvalue weighted by molar-refractivity contribution is 7.79. The van der Waals surface area contributed by atoms with Crippen LogP contribution in [0.25, 0.3) is 45.4 Å². The zero-order valence-electron chi connectivity index (χ0n) is 25.4. The van der Waals surface area contributed by atoms with E-state index in [1.165, 1.54) is 29.8 Å². The van der Waals surface area contributed by atoms with Gasteiger partial charge in [0.2, 0.25) is 23.2 Å². The molecule has 12 nitrogen and oxygen atoms in total. The van der Waals surface area contributed by atoms with Crippen LogP contribution in [0.2, 0.25) is 0 Å². The van der Waals surface area contributed by atoms with Crippen LogP contribution in [0.3, 0.4) is 0 Å². The SMILES string of the molecule is CN(Cc1ccccc1)c1ccc2nc(-c3cccc(F)c3)oc2n1.CNc1ccc2nc(-c3cccc(F)c3)oc2n1.O=S(=O)(O)O. The van der Waals surface area contributed by atoms with Crippen molar-refractivity contribution in [2.24, 2.45) is 0 Å². The van der Waals surface area contributed by atoms with Crippen LogP contribution in [0.15, 0.2) is 112 Å². The molecule has 3 aromatic carbocycles. The van der Waals surface area contributed by atoms with Crippen LogP contribution in [-0.4, -0.2) is 51.6 Å². The van der Waals surface area contributed by atoms with Gasteiger partial charge >= 0.3 is 10.4 Å². The molecule has 0 unspecified atom stereocenters. The summed E-state index contributed by atoms with van der Waals surface area (Å²) in [4.78, 5) is 19.5. The molecule has 246 valence electrons. The minimum Gasteiger partial charge on any atom is -0.418 e. The topological polar surface area (TPSA) is 168 Å². The van der Waals surface area contributed by atoms with E-state index in [2.05, 4.69) is 37.4 Å². The van der Waals surface area contributed by atoms with Gasteiger partial charge in [-0.25, -0.2) is 18.7 Å². The van der Waals surface area contributed by atoms with Gasteiger partial charge in [0.25, 0.3) is 0 Å². The maximum absolute atomic E-state index is 13.4. The van der Waals surface area contributed by atoms with E-state index >= 15 is 0 Å². The molecule has 7 aromatic rings. The molecule has 48 heavy (non-hydrogen) atoms. The Morgan fingerprint density at radius 3 is 1.75 bits per heavy atom. The fraction of sp³-hybridized carbons (Fsp3) is 0.0909. The van der Waals surface area contributed by atoms with Gasteiger partial charge in [0.1, 0.15) is 34.3 Å². The Hall–Kier alpha value is -5.77. The molecular weight excluding hydrogens is 646 g/mol. The lowest BCUT2D eigenvalue weighted by Gasteiger charge is -2.17. The Kier molecular flexibility index (Phi) is 10.3. The maximum atomic E-state index is 13.4. The van der Waals surface area contributed by atoms with E-state index in [0.29, 0.717) is 51.2 Å². The van der Waals surface area contributed by atoms with Crippen molar-refractivity contribution in [1.82, 2.24) is 19.9 Å². The lowest BCUT2D eigenvalue weighted by Crippen LogP contribution is -2.17. The Morgan fingerprint density at radius 2 is 1.23 bits per heavy atom. The third-order valence-electron chi connectivity index (χ3n) is 6.55. The lowest BCUT2D eigenvalue weighted by molar-refractivity contribution is 0.381. The summed E-state index contributed by atoms with van der Waals surface area (Å²) in [5.74, 6) is 1.58. The molecule has 15 heteroatoms. The summed E-state index contributed by atoms with van der Waals surface area (Å²) in [7, 11) is -0.914. The molecule has 0 bridgehead atoms. The van der Waals surface area contributed by atoms with Crippen molar-refractivity contribution >= 4 is 44.5 Å². The van der Waals surface area contributed by atoms with Crippen LogP contribution in [0.4, 0.5) is 20.4 Å². The zero-order valence-corrected chi connectivity index (χ0v) is 26.3. The normalized spacial score (nSPS) is 11.0. The number of fused-ring (bicyclic) bond motifs is 2. The van der Waals surface area contributed by atoms with Gasteiger partial charge in [0, 0.05) is 31.8 Å². The van der Waals surface area contributed by atoms with Gasteiger partial charge in [-0.15, -0.1) is 0 Å². The quantitative estimate of drug-likeness (QED) is 0.154. The lowest BCUT2D eigenvalue weighted by atomic mass is 10.2. The number of halogens is 2. The number of pyridine rings is 2. The minimum absolute atomic E-state index is 0.321. The number of nitrogens with one attached hydrogen (secondary N) is 1. The molecule has 0 aliphatic heterocycles. The second-order valence-corrected chi connectivity index (χ2v) is 11.0. The van der Waals surface area contributed by atoms with Crippen molar-refractivity contribution in [2.75, 3.05) is 24.3 Å². The Morgan fingerprint density at radius 1 is 0.708 bits per heavy atom. The molecule has 0 amide bonds. The summed E-state index contributed by atoms with van der Waals surface area (Å²) in [6.45, 7) is 0.740. The van der Waals surface area contributed by atoms with E-state index in [0.717, 1.165) is 12.4 Å². The number of anilines is 2. The number of aromatic nitrogens is 4. The Labute approximate surface area is 273 Å². The molecule has 0 saturated carbocycles. The number of oxazole rings is 2. The van der Waals surface area contributed by atoms with Gasteiger partial charge in [0.05, 0.1) is 0 Å². The first-order chi connectivity index (χ1) is 22.9. The Bertz CT molecular complexity index is 2260. The first kappa shape index (κ1) is 33.6. The second-order valence-electron chi connectivity index (χ2n) is 10.1. The molecule has 0 radical (unpaired) electrons. The molecule has 0 fully saturated rings. The van der Waals surface area contributed by atoms with Gasteiger partial charge < -0.3 is 19.1 Å². The molecule has 0 saturated heterocycles. The van der Waals surface area contributed by atoms with Crippen LogP contribution in [0.5, 0.6) is 0 Å². The summed E-state index contributed by atoms with van der Waals surface area (Å²) in [5.41, 5.74) is 4.56. The number of benzene rings is 3. The Balaban J connectivity index is 0.000000171. The first-order valence-electron chi connectivity index (χ1n) is 14.1. The maximum Gasteiger partial charge on any atom is 0.394 e. The second kappa shape index (κ2) is 14.8. The first-order valence-corrected chi connectivity index (χ1v) is 15.5. The molecule has 4 aromatic heterocycles. The summed E-state index contributed by atoms with van der Waals surface area (Å²) in [6, 6.07) is 29.9. The van der Waals surface area contributed by atoms with E-state index in [-0.39, 0.29) is 11.6 Å². The number of rotatable bonds is 6. The predicted molar refractivity (Wildman–Crippen MR) is 177 cm³/mol. The molecule has 0 spiro atoms. The van der Waals surface area contributed by atoms with Crippen molar-refractivity contribution in [1.29, 1.82) is 0 Å². The largest absolute Gasteiger partial charge is 0.418 e. The highest BCUT2D eigenvalue weighted by atomic mass is 32.3. The van der Waals surface area contributed by atoms with E-state index in [9.17, 15) is 8.78 Å². The third kappa shape index (κ3) is 9.16. The van der Waals surface area contributed by atoms with Gasteiger partial charge in [-0.1, -0.05) is 42.5 Å². The highest BCUT2D eigenvalue weighted by Crippen LogP contribution is 2.26. The molecule has 0 atom stereocenters. The summed E-state index contributed by atoms with van der Waals surface area (Å²) in [5, 5.41) is 2.92. The number of hydrogen-bond donors (Lipinski definition) is 3. The van der Waals surface area contributed by atoms with Crippen molar-refractivity contribution in [3.63, 3.8) is 0 Å². The van der Waals surface area contributed by atoms with E-state index in [1.807, 2.05) is 42.3 Å². The highest BCUT2D eigenvalue weighted by Gasteiger charge is 2.13. The van der Waals surface area contributed by atoms with Gasteiger partial charge in [-0.2, -0.15) is 18.4 Å². The van der Waals surface area contributed by atoms with Crippen LogP contribution in [0, 0.1) is 11.6 Å². The minimum atomic E-state index is -4.67. The van der Waals surface area contributed by atoms with Crippen LogP contribution in [-0.2, 0) is 16.9 Å². The summed E-state index contributed by atoms with van der Waals surface area (Å²) >= 11 is 0. The average molecular weight is 675 g/mol. The molecule has 7 rings (SSSR count). The van der Waals surface area contributed by atoms with Crippen molar-refractivity contribution in [3.8, 4) is 22.9 Å². The molecule has 0 aliphatic rings. The standard InChI is InChI=1S/C20H16FN3O.C13H10FN3O.H2O4S/c1-24(13-14-6-3-2-4-7-14)18-11-10-17-20(23-18)25-19(22-17)15-8-5-9-16(21)12-15;1-15-11-6-5-10-13(17-11)18-12(16-10)8-3-2-4-9(14)7-8;1-5(2,3)4/h2-12H,13H2,1H3;2-7H,1H3,(H,15,17);(H2,1,2,3,4). The third-order valence-corrected chi connectivity index (χ3v) is 6.55. The smallest absolute Gasteiger partial charge is 0.394 e. The van der Waals surface area contributed by atoms with E-state index in [4.69, 9.17) is 26.4 Å². The van der Waals surface area contributed by atoms with Gasteiger partial charge in [-0.05, 0) is 66.2 Å². The average Bonchev–Trinajstić information content (AvgIpc) is 3.69. The summed E-state index contributed by atoms with van der Waals surface area (Å²) < 4.78 is 69.4. The predicted octanol–water partition coefficient (Wildman–Crippen LogP) is 7.08. The molecule has 4 heterocycles. The fourth-order valence-corrected chi connectivity index (χ4v) is 4.40. The van der Waals surface area contributed by atoms with Gasteiger partial charge in [0.15, 0.2) is 0 Å². The van der Waals surface area contributed by atoms with Gasteiger partial charge in [-0.3, -0.25) is 9.11 Å². The molecule has 3 N–H and O–H groups in total. The number of hydrogen-bond acceptors (Lipinski definition) is 10. The van der Waals surface area contributed by atoms with Crippen LogP contribution >= 0.6 is 0 Å². The monoisotopic (exact) mass is 674 g/mol. The van der Waals surface area contributed by atoms with Crippen molar-refractivity contribution in [2.45, 2.75) is 6.54 Å². The fourth-order valence-electron chi connectivity index (χ4n) is 4.40.